The molecule has 1 aliphatic heterocycles. The summed E-state index contributed by atoms with van der Waals surface area (Å²) < 4.78 is 58.3. The number of Topliss-reactive ketones (excluding diaryl/α,β-unsaturated/α-hetero) is 2. The van der Waals surface area contributed by atoms with Gasteiger partial charge in [0.25, 0.3) is 0 Å². The average molecular weight is 957 g/mol. The molecule has 3 aliphatic carbocycles. The topological polar surface area (TPSA) is 187 Å². The van der Waals surface area contributed by atoms with Crippen LogP contribution in [0.15, 0.2) is 96.1 Å². The first kappa shape index (κ1) is 50.3. The maximum absolute atomic E-state index is 16.5. The Labute approximate surface area is 396 Å². The molecule has 9 atom stereocenters. The van der Waals surface area contributed by atoms with E-state index in [1.54, 1.807) is 76.2 Å². The molecule has 2 saturated carbocycles. The van der Waals surface area contributed by atoms with Gasteiger partial charge in [0, 0.05) is 30.7 Å². The highest BCUT2D eigenvalue weighted by atomic mass is 28.4. The van der Waals surface area contributed by atoms with Gasteiger partial charge < -0.3 is 38.0 Å². The lowest BCUT2D eigenvalue weighted by Gasteiger charge is -2.68. The SMILES string of the molecule is CC[Si](CC)(CC)O[C@H]1C[C@H]2OC[C@@]2(OC(C)=O)[C@H]2[C@H](OC(=O)c3ccccc3)[C@]3(O)C[C@H](OC(=O)CC(=O)c4ccc(F)cc4)C(C)=C([C@@H](OC(=O)OCc4ccccc4)C(=O)[C@]12C)C3(C)C. The highest BCUT2D eigenvalue weighted by molar-refractivity contribution is 6.73. The molecule has 2 bridgehead atoms. The van der Waals surface area contributed by atoms with Gasteiger partial charge in [0.1, 0.15) is 42.8 Å². The fraction of sp³-hybridized carbons (Fsp3) is 0.500. The van der Waals surface area contributed by atoms with Crippen LogP contribution in [-0.2, 0) is 53.8 Å². The zero-order chi connectivity index (χ0) is 49.4. The number of carbonyl (C=O) groups is 6. The second kappa shape index (κ2) is 19.4. The van der Waals surface area contributed by atoms with Crippen LogP contribution in [0, 0.1) is 22.6 Å². The minimum atomic E-state index is -2.67. The molecule has 0 amide bonds. The number of hydrogen-bond donors (Lipinski definition) is 1. The predicted octanol–water partition coefficient (Wildman–Crippen LogP) is 8.44. The van der Waals surface area contributed by atoms with Crippen LogP contribution in [0.3, 0.4) is 0 Å². The number of ether oxygens (including phenoxy) is 6. The normalized spacial score (nSPS) is 29.4. The number of halogens is 1. The van der Waals surface area contributed by atoms with E-state index in [1.165, 1.54) is 31.2 Å². The number of fused-ring (bicyclic) bond motifs is 5. The van der Waals surface area contributed by atoms with Crippen LogP contribution in [0.4, 0.5) is 9.18 Å². The van der Waals surface area contributed by atoms with E-state index in [0.717, 1.165) is 12.1 Å². The lowest BCUT2D eigenvalue weighted by atomic mass is 9.44. The van der Waals surface area contributed by atoms with E-state index >= 15 is 4.79 Å². The Morgan fingerprint density at radius 3 is 2.03 bits per heavy atom. The van der Waals surface area contributed by atoms with Crippen LogP contribution < -0.4 is 0 Å². The van der Waals surface area contributed by atoms with Crippen molar-refractivity contribution in [1.29, 1.82) is 0 Å². The van der Waals surface area contributed by atoms with Gasteiger partial charge in [-0.1, -0.05) is 83.1 Å². The highest BCUT2D eigenvalue weighted by Gasteiger charge is 2.79. The Bertz CT molecular complexity index is 2430. The van der Waals surface area contributed by atoms with Crippen LogP contribution in [0.25, 0.3) is 0 Å². The van der Waals surface area contributed by atoms with Gasteiger partial charge in [0.05, 0.1) is 29.6 Å². The summed E-state index contributed by atoms with van der Waals surface area (Å²) in [6, 6.07) is 23.5. The van der Waals surface area contributed by atoms with Gasteiger partial charge in [-0.25, -0.2) is 14.0 Å². The van der Waals surface area contributed by atoms with Gasteiger partial charge >= 0.3 is 24.1 Å². The standard InChI is InChI=1S/C52H61FO14Si/c1-9-68(10-2,11-3)67-39-27-40-51(30-62-40,66-32(5)54)44-46(65-47(58)35-20-16-13-17-21-35)52(60)28-38(63-41(56)26-37(55)34-22-24-36(53)25-23-34)31(4)42(49(52,6)7)43(45(57)50(39,44)8)64-48(59)61-29-33-18-14-12-15-19-33/h12-25,38-40,43-44,46,60H,9-11,26-30H2,1-8H3/t38-,39-,40+,43+,44-,46-,50+,51-,52+/m0/s1. The van der Waals surface area contributed by atoms with Crippen molar-refractivity contribution in [2.45, 2.75) is 141 Å². The summed E-state index contributed by atoms with van der Waals surface area (Å²) in [7, 11) is -2.67. The molecule has 16 heteroatoms. The zero-order valence-electron chi connectivity index (χ0n) is 39.8. The van der Waals surface area contributed by atoms with Gasteiger partial charge in [0.2, 0.25) is 0 Å². The Balaban J connectivity index is 1.46. The summed E-state index contributed by atoms with van der Waals surface area (Å²) >= 11 is 0. The van der Waals surface area contributed by atoms with Gasteiger partial charge in [-0.15, -0.1) is 0 Å². The number of ketones is 2. The maximum atomic E-state index is 16.5. The third-order valence-electron chi connectivity index (χ3n) is 15.4. The summed E-state index contributed by atoms with van der Waals surface area (Å²) in [5, 5.41) is 14.1. The minimum absolute atomic E-state index is 0.0354. The second-order valence-electron chi connectivity index (χ2n) is 19.2. The Kier molecular flexibility index (Phi) is 14.4. The highest BCUT2D eigenvalue weighted by Crippen LogP contribution is 2.65. The number of hydrogen-bond acceptors (Lipinski definition) is 14. The molecule has 1 heterocycles. The molecular weight excluding hydrogens is 896 g/mol. The number of aliphatic hydroxyl groups is 1. The Morgan fingerprint density at radius 2 is 1.46 bits per heavy atom. The predicted molar refractivity (Wildman–Crippen MR) is 246 cm³/mol. The lowest BCUT2D eigenvalue weighted by molar-refractivity contribution is -0.344. The first-order valence-corrected chi connectivity index (χ1v) is 25.8. The minimum Gasteiger partial charge on any atom is -0.457 e. The molecule has 364 valence electrons. The fourth-order valence-corrected chi connectivity index (χ4v) is 14.2. The van der Waals surface area contributed by atoms with Crippen molar-refractivity contribution in [3.8, 4) is 0 Å². The van der Waals surface area contributed by atoms with Gasteiger partial charge in [0.15, 0.2) is 31.6 Å². The smallest absolute Gasteiger partial charge is 0.457 e. The molecule has 3 aromatic rings. The summed E-state index contributed by atoms with van der Waals surface area (Å²) in [6.45, 7) is 13.3. The quantitative estimate of drug-likeness (QED) is 0.0382. The van der Waals surface area contributed by atoms with Crippen molar-refractivity contribution in [2.24, 2.45) is 16.7 Å². The number of benzene rings is 3. The molecule has 7 rings (SSSR count). The largest absolute Gasteiger partial charge is 0.509 e. The summed E-state index contributed by atoms with van der Waals surface area (Å²) in [4.78, 5) is 85.9. The summed E-state index contributed by atoms with van der Waals surface area (Å²) in [6.07, 6.45) is -9.41. The van der Waals surface area contributed by atoms with E-state index in [2.05, 4.69) is 0 Å². The summed E-state index contributed by atoms with van der Waals surface area (Å²) in [5.41, 5.74) is -6.61. The molecular formula is C52H61FO14Si. The zero-order valence-corrected chi connectivity index (χ0v) is 40.8. The van der Waals surface area contributed by atoms with Crippen molar-refractivity contribution >= 4 is 43.9 Å². The molecule has 0 radical (unpaired) electrons. The molecule has 4 aliphatic rings. The van der Waals surface area contributed by atoms with E-state index in [9.17, 15) is 33.5 Å². The number of esters is 3. The second-order valence-corrected chi connectivity index (χ2v) is 23.9. The molecule has 68 heavy (non-hydrogen) atoms. The van der Waals surface area contributed by atoms with E-state index in [1.807, 2.05) is 20.8 Å². The Hall–Kier alpha value is -5.55. The van der Waals surface area contributed by atoms with Crippen molar-refractivity contribution in [3.63, 3.8) is 0 Å². The van der Waals surface area contributed by atoms with Crippen LogP contribution in [0.5, 0.6) is 0 Å². The molecule has 0 spiro atoms. The molecule has 14 nitrogen and oxygen atoms in total. The van der Waals surface area contributed by atoms with Crippen molar-refractivity contribution in [1.82, 2.24) is 0 Å². The summed E-state index contributed by atoms with van der Waals surface area (Å²) in [5.74, 6) is -6.07. The first-order chi connectivity index (χ1) is 32.2. The van der Waals surface area contributed by atoms with Crippen LogP contribution in [0.2, 0.25) is 18.1 Å². The average Bonchev–Trinajstić information content (AvgIpc) is 3.31. The van der Waals surface area contributed by atoms with Crippen molar-refractivity contribution in [3.05, 3.63) is 119 Å². The van der Waals surface area contributed by atoms with Crippen molar-refractivity contribution in [2.75, 3.05) is 6.61 Å². The molecule has 3 fully saturated rings. The maximum Gasteiger partial charge on any atom is 0.509 e. The van der Waals surface area contributed by atoms with Crippen LogP contribution in [0.1, 0.15) is 101 Å². The first-order valence-electron chi connectivity index (χ1n) is 23.3. The molecule has 1 N–H and O–H groups in total. The van der Waals surface area contributed by atoms with E-state index in [-0.39, 0.29) is 41.9 Å². The van der Waals surface area contributed by atoms with Gasteiger partial charge in [-0.2, -0.15) is 0 Å². The Morgan fingerprint density at radius 1 is 0.838 bits per heavy atom. The van der Waals surface area contributed by atoms with Gasteiger partial charge in [-0.3, -0.25) is 19.2 Å². The van der Waals surface area contributed by atoms with E-state index in [0.29, 0.717) is 23.7 Å². The third kappa shape index (κ3) is 8.96. The van der Waals surface area contributed by atoms with Gasteiger partial charge in [-0.05, 0) is 85.1 Å². The number of carbonyl (C=O) groups excluding carboxylic acids is 6. The third-order valence-corrected chi connectivity index (χ3v) is 20.0. The monoisotopic (exact) mass is 956 g/mol. The van der Waals surface area contributed by atoms with Crippen LogP contribution >= 0.6 is 0 Å². The van der Waals surface area contributed by atoms with Crippen molar-refractivity contribution < 1.29 is 71.1 Å². The molecule has 0 aromatic heterocycles. The fourth-order valence-electron chi connectivity index (χ4n) is 11.2. The molecule has 1 saturated heterocycles. The van der Waals surface area contributed by atoms with Crippen LogP contribution in [-0.4, -0.2) is 97.4 Å². The number of rotatable bonds is 15. The lowest BCUT2D eigenvalue weighted by Crippen LogP contribution is -2.82. The van der Waals surface area contributed by atoms with E-state index in [4.69, 9.17) is 32.8 Å². The molecule has 3 aromatic carbocycles. The molecule has 0 unspecified atom stereocenters. The van der Waals surface area contributed by atoms with E-state index < -0.39 is 121 Å².